The maximum atomic E-state index is 12.6. The maximum absolute atomic E-state index is 12.6. The molecular formula is C13H12F3NO2. The van der Waals surface area contributed by atoms with E-state index in [-0.39, 0.29) is 5.56 Å². The van der Waals surface area contributed by atoms with Crippen molar-refractivity contribution < 1.29 is 22.7 Å². The predicted molar refractivity (Wildman–Crippen MR) is 61.4 cm³/mol. The Balaban J connectivity index is 3.17. The molecule has 0 radical (unpaired) electrons. The van der Waals surface area contributed by atoms with Gasteiger partial charge in [0.2, 0.25) is 5.78 Å². The Bertz CT molecular complexity index is 488. The summed E-state index contributed by atoms with van der Waals surface area (Å²) in [6.45, 7) is 1.40. The first kappa shape index (κ1) is 15.2. The lowest BCUT2D eigenvalue weighted by Gasteiger charge is -2.23. The van der Waals surface area contributed by atoms with E-state index in [1.165, 1.54) is 38.3 Å². The molecule has 0 fully saturated rings. The molecule has 0 aliphatic carbocycles. The summed E-state index contributed by atoms with van der Waals surface area (Å²) >= 11 is 0. The van der Waals surface area contributed by atoms with Crippen molar-refractivity contribution in [1.82, 2.24) is 0 Å². The largest absolute Gasteiger partial charge is 0.450 e. The van der Waals surface area contributed by atoms with Gasteiger partial charge in [-0.3, -0.25) is 4.79 Å². The van der Waals surface area contributed by atoms with Crippen LogP contribution in [-0.2, 0) is 9.53 Å². The second-order valence-electron chi connectivity index (χ2n) is 4.01. The van der Waals surface area contributed by atoms with Crippen molar-refractivity contribution >= 4 is 5.78 Å². The normalized spacial score (nSPS) is 14.5. The number of ketones is 1. The van der Waals surface area contributed by atoms with Gasteiger partial charge < -0.3 is 4.74 Å². The molecule has 0 aromatic heterocycles. The zero-order valence-electron chi connectivity index (χ0n) is 10.4. The van der Waals surface area contributed by atoms with Crippen molar-refractivity contribution in [3.63, 3.8) is 0 Å². The molecule has 0 saturated heterocycles. The molecule has 19 heavy (non-hydrogen) atoms. The molecule has 1 rings (SSSR count). The first-order chi connectivity index (χ1) is 8.81. The van der Waals surface area contributed by atoms with Crippen LogP contribution in [0.15, 0.2) is 24.3 Å². The number of halogens is 3. The molecule has 0 N–H and O–H groups in total. The lowest BCUT2D eigenvalue weighted by atomic mass is 9.89. The highest BCUT2D eigenvalue weighted by atomic mass is 19.4. The smallest absolute Gasteiger partial charge is 0.381 e. The van der Waals surface area contributed by atoms with E-state index in [2.05, 4.69) is 0 Å². The summed E-state index contributed by atoms with van der Waals surface area (Å²) in [6, 6.07) is 7.27. The topological polar surface area (TPSA) is 50.1 Å². The molecule has 0 bridgehead atoms. The number of carbonyl (C=O) groups excluding carboxylic acids is 1. The molecule has 1 aromatic carbocycles. The lowest BCUT2D eigenvalue weighted by Crippen LogP contribution is -2.35. The van der Waals surface area contributed by atoms with Crippen LogP contribution in [0.5, 0.6) is 0 Å². The predicted octanol–water partition coefficient (Wildman–Crippen LogP) is 2.81. The van der Waals surface area contributed by atoms with Crippen LogP contribution in [0.1, 0.15) is 24.0 Å². The molecule has 0 heterocycles. The first-order valence-corrected chi connectivity index (χ1v) is 5.45. The Morgan fingerprint density at radius 3 is 2.21 bits per heavy atom. The van der Waals surface area contributed by atoms with Crippen LogP contribution >= 0.6 is 0 Å². The summed E-state index contributed by atoms with van der Waals surface area (Å²) in [5.74, 6) is -3.29. The number of rotatable bonds is 4. The second kappa shape index (κ2) is 5.85. The number of ether oxygens (including phenoxy) is 1. The van der Waals surface area contributed by atoms with Gasteiger partial charge >= 0.3 is 6.18 Å². The Labute approximate surface area is 108 Å². The van der Waals surface area contributed by atoms with Gasteiger partial charge in [-0.1, -0.05) is 12.1 Å². The molecule has 102 valence electrons. The number of Topliss-reactive ketones (excluding diaryl/α,β-unsaturated/α-hetero) is 1. The van der Waals surface area contributed by atoms with E-state index in [9.17, 15) is 18.0 Å². The summed E-state index contributed by atoms with van der Waals surface area (Å²) in [7, 11) is 1.24. The second-order valence-corrected chi connectivity index (χ2v) is 4.01. The molecule has 1 aromatic rings. The van der Waals surface area contributed by atoms with Gasteiger partial charge in [-0.05, 0) is 24.6 Å². The quantitative estimate of drug-likeness (QED) is 0.846. The van der Waals surface area contributed by atoms with Crippen molar-refractivity contribution in [2.24, 2.45) is 0 Å². The Hall–Kier alpha value is -1.87. The van der Waals surface area contributed by atoms with Gasteiger partial charge in [-0.2, -0.15) is 18.4 Å². The van der Waals surface area contributed by atoms with E-state index in [1.807, 2.05) is 6.07 Å². The molecule has 3 nitrogen and oxygen atoms in total. The summed E-state index contributed by atoms with van der Waals surface area (Å²) in [4.78, 5) is 11.5. The average molecular weight is 271 g/mol. The Morgan fingerprint density at radius 2 is 1.84 bits per heavy atom. The molecule has 0 spiro atoms. The summed E-state index contributed by atoms with van der Waals surface area (Å²) in [5.41, 5.74) is 0.489. The molecule has 0 aliphatic rings. The van der Waals surface area contributed by atoms with Gasteiger partial charge in [0, 0.05) is 7.11 Å². The number of nitrogens with zero attached hydrogens (tertiary/aromatic N) is 1. The van der Waals surface area contributed by atoms with Crippen LogP contribution in [0, 0.1) is 11.3 Å². The molecule has 2 atom stereocenters. The van der Waals surface area contributed by atoms with Gasteiger partial charge in [0.05, 0.1) is 23.7 Å². The fourth-order valence-corrected chi connectivity index (χ4v) is 1.71. The van der Waals surface area contributed by atoms with Crippen LogP contribution < -0.4 is 0 Å². The highest BCUT2D eigenvalue weighted by molar-refractivity contribution is 5.91. The Kier molecular flexibility index (Phi) is 4.67. The van der Waals surface area contributed by atoms with Gasteiger partial charge in [-0.25, -0.2) is 0 Å². The van der Waals surface area contributed by atoms with E-state index in [1.54, 1.807) is 0 Å². The van der Waals surface area contributed by atoms with Gasteiger partial charge in [0.15, 0.2) is 0 Å². The number of hydrogen-bond donors (Lipinski definition) is 0. The van der Waals surface area contributed by atoms with Crippen molar-refractivity contribution in [2.75, 3.05) is 7.11 Å². The van der Waals surface area contributed by atoms with E-state index in [0.29, 0.717) is 5.56 Å². The minimum atomic E-state index is -4.93. The van der Waals surface area contributed by atoms with Crippen molar-refractivity contribution in [3.05, 3.63) is 35.4 Å². The molecule has 0 saturated carbocycles. The highest BCUT2D eigenvalue weighted by Crippen LogP contribution is 2.31. The third-order valence-electron chi connectivity index (χ3n) is 2.80. The standard InChI is InChI=1S/C13H12F3NO2/c1-8(19-2)11(12(18)13(14,15)16)10-5-3-9(7-17)4-6-10/h3-6,8,11H,1-2H3. The number of nitriles is 1. The number of hydrogen-bond acceptors (Lipinski definition) is 3. The number of benzene rings is 1. The maximum Gasteiger partial charge on any atom is 0.450 e. The first-order valence-electron chi connectivity index (χ1n) is 5.45. The van der Waals surface area contributed by atoms with Crippen molar-refractivity contribution in [2.45, 2.75) is 25.1 Å². The summed E-state index contributed by atoms with van der Waals surface area (Å²) in [5, 5.41) is 8.64. The van der Waals surface area contributed by atoms with Gasteiger partial charge in [0.25, 0.3) is 0 Å². The van der Waals surface area contributed by atoms with Crippen LogP contribution in [0.2, 0.25) is 0 Å². The highest BCUT2D eigenvalue weighted by Gasteiger charge is 2.45. The fourth-order valence-electron chi connectivity index (χ4n) is 1.71. The van der Waals surface area contributed by atoms with Crippen LogP contribution in [-0.4, -0.2) is 25.2 Å². The molecule has 0 aliphatic heterocycles. The minimum absolute atomic E-state index is 0.177. The fraction of sp³-hybridized carbons (Fsp3) is 0.385. The van der Waals surface area contributed by atoms with Gasteiger partial charge in [0.1, 0.15) is 0 Å². The van der Waals surface area contributed by atoms with E-state index in [4.69, 9.17) is 10.00 Å². The SMILES string of the molecule is COC(C)C(C(=O)C(F)(F)F)c1ccc(C#N)cc1. The number of carbonyl (C=O) groups is 1. The van der Waals surface area contributed by atoms with Crippen LogP contribution in [0.3, 0.4) is 0 Å². The summed E-state index contributed by atoms with van der Waals surface area (Å²) in [6.07, 6.45) is -5.84. The number of alkyl halides is 3. The molecular weight excluding hydrogens is 259 g/mol. The van der Waals surface area contributed by atoms with Crippen LogP contribution in [0.4, 0.5) is 13.2 Å². The van der Waals surface area contributed by atoms with E-state index >= 15 is 0 Å². The average Bonchev–Trinajstić information content (AvgIpc) is 2.38. The third kappa shape index (κ3) is 3.55. The molecule has 6 heteroatoms. The zero-order valence-corrected chi connectivity index (χ0v) is 10.4. The minimum Gasteiger partial charge on any atom is -0.381 e. The van der Waals surface area contributed by atoms with Crippen molar-refractivity contribution in [1.29, 1.82) is 5.26 Å². The van der Waals surface area contributed by atoms with Gasteiger partial charge in [-0.15, -0.1) is 0 Å². The van der Waals surface area contributed by atoms with E-state index < -0.39 is 24.0 Å². The van der Waals surface area contributed by atoms with Crippen molar-refractivity contribution in [3.8, 4) is 6.07 Å². The van der Waals surface area contributed by atoms with E-state index in [0.717, 1.165) is 0 Å². The lowest BCUT2D eigenvalue weighted by molar-refractivity contribution is -0.175. The molecule has 0 amide bonds. The van der Waals surface area contributed by atoms with Crippen LogP contribution in [0.25, 0.3) is 0 Å². The summed E-state index contributed by atoms with van der Waals surface area (Å²) < 4.78 is 42.6. The monoisotopic (exact) mass is 271 g/mol. The molecule has 2 unspecified atom stereocenters. The Morgan fingerprint density at radius 1 is 1.32 bits per heavy atom. The zero-order chi connectivity index (χ0) is 14.6. The number of methoxy groups -OCH3 is 1. The third-order valence-corrected chi connectivity index (χ3v) is 2.80.